The molecule has 1 aliphatic heterocycles. The van der Waals surface area contributed by atoms with Gasteiger partial charge in [-0.15, -0.1) is 0 Å². The molecule has 0 bridgehead atoms. The summed E-state index contributed by atoms with van der Waals surface area (Å²) < 4.78 is 5.30. The number of Topliss-reactive ketones (excluding diaryl/α,β-unsaturated/α-hetero) is 1. The molecule has 0 saturated carbocycles. The first kappa shape index (κ1) is 18.2. The van der Waals surface area contributed by atoms with Gasteiger partial charge in [0, 0.05) is 12.2 Å². The molecule has 1 amide bonds. The topological polar surface area (TPSA) is 67.4 Å². The first-order valence-electron chi connectivity index (χ1n) is 9.09. The molecule has 3 rings (SSSR count). The molecule has 0 fully saturated rings. The van der Waals surface area contributed by atoms with Gasteiger partial charge in [-0.3, -0.25) is 4.79 Å². The van der Waals surface area contributed by atoms with Crippen LogP contribution in [0, 0.1) is 0 Å². The highest BCUT2D eigenvalue weighted by molar-refractivity contribution is 6.02. The number of rotatable bonds is 4. The van der Waals surface area contributed by atoms with Gasteiger partial charge in [-0.2, -0.15) is 0 Å². The number of ketones is 1. The minimum atomic E-state index is -0.594. The number of alkyl carbamates (subject to hydrolysis) is 1. The van der Waals surface area contributed by atoms with Gasteiger partial charge in [-0.25, -0.2) is 4.79 Å². The maximum atomic E-state index is 13.2. The Morgan fingerprint density at radius 1 is 1.23 bits per heavy atom. The number of carbonyl (C=O) groups excluding carboxylic acids is 2. The lowest BCUT2D eigenvalue weighted by molar-refractivity contribution is -0.122. The van der Waals surface area contributed by atoms with Gasteiger partial charge >= 0.3 is 6.09 Å². The second-order valence-corrected chi connectivity index (χ2v) is 7.69. The molecule has 0 radical (unpaired) electrons. The number of hydrogen-bond acceptors (Lipinski definition) is 4. The maximum Gasteiger partial charge on any atom is 0.408 e. The summed E-state index contributed by atoms with van der Waals surface area (Å²) in [5.74, 6) is -0.267. The van der Waals surface area contributed by atoms with Crippen LogP contribution in [0.1, 0.15) is 45.6 Å². The highest BCUT2D eigenvalue weighted by Gasteiger charge is 2.35. The van der Waals surface area contributed by atoms with E-state index in [0.717, 1.165) is 22.0 Å². The Morgan fingerprint density at radius 3 is 2.65 bits per heavy atom. The van der Waals surface area contributed by atoms with Crippen LogP contribution in [0.15, 0.2) is 36.4 Å². The van der Waals surface area contributed by atoms with Gasteiger partial charge in [0.1, 0.15) is 5.60 Å². The Kier molecular flexibility index (Phi) is 4.90. The number of anilines is 1. The molecule has 5 nitrogen and oxygen atoms in total. The van der Waals surface area contributed by atoms with Crippen molar-refractivity contribution < 1.29 is 14.3 Å². The predicted octanol–water partition coefficient (Wildman–Crippen LogP) is 4.22. The Hall–Kier alpha value is -2.56. The van der Waals surface area contributed by atoms with Gasteiger partial charge < -0.3 is 15.4 Å². The number of hydrogen-bond donors (Lipinski definition) is 2. The number of amides is 1. The summed E-state index contributed by atoms with van der Waals surface area (Å²) in [7, 11) is 0. The van der Waals surface area contributed by atoms with Gasteiger partial charge in [-0.1, -0.05) is 37.3 Å². The van der Waals surface area contributed by atoms with E-state index in [1.165, 1.54) is 0 Å². The lowest BCUT2D eigenvalue weighted by Crippen LogP contribution is -2.45. The summed E-state index contributed by atoms with van der Waals surface area (Å²) >= 11 is 0. The number of nitrogens with one attached hydrogen (secondary N) is 2. The van der Waals surface area contributed by atoms with E-state index in [0.29, 0.717) is 13.0 Å². The molecule has 2 N–H and O–H groups in total. The molecule has 1 unspecified atom stereocenters. The van der Waals surface area contributed by atoms with Crippen LogP contribution < -0.4 is 10.6 Å². The van der Waals surface area contributed by atoms with E-state index in [1.807, 2.05) is 37.3 Å². The highest BCUT2D eigenvalue weighted by Crippen LogP contribution is 2.38. The van der Waals surface area contributed by atoms with Crippen LogP contribution in [-0.2, 0) is 9.53 Å². The van der Waals surface area contributed by atoms with Gasteiger partial charge in [-0.05, 0) is 49.6 Å². The molecular formula is C21H26N2O3. The van der Waals surface area contributed by atoms with E-state index in [-0.39, 0.29) is 11.7 Å². The van der Waals surface area contributed by atoms with Crippen molar-refractivity contribution in [1.29, 1.82) is 0 Å². The molecule has 0 aliphatic carbocycles. The molecule has 2 aromatic rings. The smallest absolute Gasteiger partial charge is 0.408 e. The standard InChI is InChI=1S/C21H26N2O3/c1-5-16(23-20(25)26-21(2,3)4)19(24)15-12-22-17-11-10-13-8-6-7-9-14(13)18(15)17/h6-11,15-16,22H,5,12H2,1-4H3,(H,23,25)/t15?,16-/m0/s1. The highest BCUT2D eigenvalue weighted by atomic mass is 16.6. The third-order valence-electron chi connectivity index (χ3n) is 4.60. The van der Waals surface area contributed by atoms with Crippen molar-refractivity contribution >= 4 is 28.3 Å². The molecule has 0 spiro atoms. The number of ether oxygens (including phenoxy) is 1. The second kappa shape index (κ2) is 6.98. The fraction of sp³-hybridized carbons (Fsp3) is 0.429. The third-order valence-corrected chi connectivity index (χ3v) is 4.60. The average molecular weight is 354 g/mol. The van der Waals surface area contributed by atoms with E-state index in [2.05, 4.69) is 16.7 Å². The molecular weight excluding hydrogens is 328 g/mol. The van der Waals surface area contributed by atoms with Gasteiger partial charge in [0.2, 0.25) is 0 Å². The maximum absolute atomic E-state index is 13.2. The summed E-state index contributed by atoms with van der Waals surface area (Å²) in [6.07, 6.45) is -0.0314. The van der Waals surface area contributed by atoms with Crippen molar-refractivity contribution in [3.05, 3.63) is 42.0 Å². The van der Waals surface area contributed by atoms with Crippen LogP contribution in [-0.4, -0.2) is 30.1 Å². The minimum absolute atomic E-state index is 0.0148. The summed E-state index contributed by atoms with van der Waals surface area (Å²) in [5.41, 5.74) is 1.43. The molecule has 2 atom stereocenters. The van der Waals surface area contributed by atoms with Gasteiger partial charge in [0.05, 0.1) is 12.0 Å². The Labute approximate surface area is 154 Å². The van der Waals surface area contributed by atoms with Gasteiger partial charge in [0.15, 0.2) is 5.78 Å². The fourth-order valence-electron chi connectivity index (χ4n) is 3.45. The van der Waals surface area contributed by atoms with E-state index in [9.17, 15) is 9.59 Å². The monoisotopic (exact) mass is 354 g/mol. The zero-order valence-electron chi connectivity index (χ0n) is 15.8. The molecule has 2 aromatic carbocycles. The molecule has 1 aliphatic rings. The van der Waals surface area contributed by atoms with Crippen molar-refractivity contribution in [3.8, 4) is 0 Å². The quantitative estimate of drug-likeness (QED) is 0.862. The van der Waals surface area contributed by atoms with Crippen molar-refractivity contribution in [3.63, 3.8) is 0 Å². The van der Waals surface area contributed by atoms with Crippen LogP contribution in [0.4, 0.5) is 10.5 Å². The van der Waals surface area contributed by atoms with Crippen LogP contribution in [0.3, 0.4) is 0 Å². The van der Waals surface area contributed by atoms with Crippen molar-refractivity contribution in [2.75, 3.05) is 11.9 Å². The Balaban J connectivity index is 1.85. The summed E-state index contributed by atoms with van der Waals surface area (Å²) in [6, 6.07) is 11.6. The molecule has 26 heavy (non-hydrogen) atoms. The van der Waals surface area contributed by atoms with Crippen LogP contribution in [0.5, 0.6) is 0 Å². The van der Waals surface area contributed by atoms with Crippen molar-refractivity contribution in [2.45, 2.75) is 51.7 Å². The lowest BCUT2D eigenvalue weighted by Gasteiger charge is -2.24. The minimum Gasteiger partial charge on any atom is -0.444 e. The molecule has 1 heterocycles. The molecule has 0 aromatic heterocycles. The first-order chi connectivity index (χ1) is 12.3. The predicted molar refractivity (Wildman–Crippen MR) is 104 cm³/mol. The van der Waals surface area contributed by atoms with E-state index < -0.39 is 17.7 Å². The zero-order valence-corrected chi connectivity index (χ0v) is 15.8. The summed E-state index contributed by atoms with van der Waals surface area (Å²) in [6.45, 7) is 7.86. The number of fused-ring (bicyclic) bond motifs is 3. The Morgan fingerprint density at radius 2 is 1.96 bits per heavy atom. The number of benzene rings is 2. The van der Waals surface area contributed by atoms with Gasteiger partial charge in [0.25, 0.3) is 0 Å². The molecule has 5 heteroatoms. The Bertz CT molecular complexity index is 839. The van der Waals surface area contributed by atoms with E-state index in [1.54, 1.807) is 20.8 Å². The molecule has 0 saturated heterocycles. The first-order valence-corrected chi connectivity index (χ1v) is 9.09. The van der Waals surface area contributed by atoms with Crippen molar-refractivity contribution in [2.24, 2.45) is 0 Å². The normalized spacial score (nSPS) is 17.3. The van der Waals surface area contributed by atoms with Crippen LogP contribution >= 0.6 is 0 Å². The average Bonchev–Trinajstić information content (AvgIpc) is 3.02. The lowest BCUT2D eigenvalue weighted by atomic mass is 9.88. The largest absolute Gasteiger partial charge is 0.444 e. The van der Waals surface area contributed by atoms with E-state index in [4.69, 9.17) is 4.74 Å². The molecule has 138 valence electrons. The summed E-state index contributed by atoms with van der Waals surface area (Å²) in [4.78, 5) is 25.3. The fourth-order valence-corrected chi connectivity index (χ4v) is 3.45. The summed E-state index contributed by atoms with van der Waals surface area (Å²) in [5, 5.41) is 8.26. The zero-order chi connectivity index (χ0) is 18.9. The second-order valence-electron chi connectivity index (χ2n) is 7.69. The van der Waals surface area contributed by atoms with E-state index >= 15 is 0 Å². The third kappa shape index (κ3) is 3.66. The SMILES string of the molecule is CC[C@H](NC(=O)OC(C)(C)C)C(=O)C1CNc2ccc3ccccc3c21. The van der Waals surface area contributed by atoms with Crippen molar-refractivity contribution in [1.82, 2.24) is 5.32 Å². The van der Waals surface area contributed by atoms with Crippen LogP contribution in [0.25, 0.3) is 10.8 Å². The van der Waals surface area contributed by atoms with Crippen LogP contribution in [0.2, 0.25) is 0 Å². The number of carbonyl (C=O) groups is 2.